The second-order valence-corrected chi connectivity index (χ2v) is 8.94. The average Bonchev–Trinajstić information content (AvgIpc) is 2.69. The van der Waals surface area contributed by atoms with Crippen LogP contribution in [0.1, 0.15) is 43.0 Å². The van der Waals surface area contributed by atoms with Crippen LogP contribution < -0.4 is 10.0 Å². The number of Topliss-reactive ketones (excluding diaryl/α,β-unsaturated/α-hetero) is 1. The number of anilines is 1. The van der Waals surface area contributed by atoms with Crippen LogP contribution in [0.4, 0.5) is 14.9 Å². The molecule has 0 spiro atoms. The molecule has 0 saturated heterocycles. The van der Waals surface area contributed by atoms with E-state index in [1.165, 1.54) is 55.5 Å². The first-order valence-corrected chi connectivity index (χ1v) is 11.1. The van der Waals surface area contributed by atoms with Gasteiger partial charge < -0.3 is 4.74 Å². The predicted molar refractivity (Wildman–Crippen MR) is 109 cm³/mol. The maximum Gasteiger partial charge on any atom is 0.411 e. The summed E-state index contributed by atoms with van der Waals surface area (Å²) in [6, 6.07) is 10.7. The first-order chi connectivity index (χ1) is 14.2. The topological polar surface area (TPSA) is 102 Å². The van der Waals surface area contributed by atoms with Gasteiger partial charge in [0.2, 0.25) is 10.0 Å². The summed E-state index contributed by atoms with van der Waals surface area (Å²) in [4.78, 5) is 23.5. The first-order valence-electron chi connectivity index (χ1n) is 9.59. The van der Waals surface area contributed by atoms with E-state index >= 15 is 0 Å². The molecule has 2 aromatic rings. The molecule has 1 aliphatic rings. The molecule has 1 fully saturated rings. The molecule has 1 aliphatic carbocycles. The zero-order valence-electron chi connectivity index (χ0n) is 16.4. The van der Waals surface area contributed by atoms with Crippen LogP contribution in [0.25, 0.3) is 0 Å². The number of carbonyl (C=O) groups excluding carboxylic acids is 2. The molecule has 0 aliphatic heterocycles. The third-order valence-corrected chi connectivity index (χ3v) is 6.42. The van der Waals surface area contributed by atoms with E-state index in [2.05, 4.69) is 10.0 Å². The van der Waals surface area contributed by atoms with E-state index in [4.69, 9.17) is 4.74 Å². The first kappa shape index (κ1) is 21.9. The number of hydrogen-bond donors (Lipinski definition) is 2. The van der Waals surface area contributed by atoms with E-state index < -0.39 is 28.0 Å². The van der Waals surface area contributed by atoms with Crippen LogP contribution in [0, 0.1) is 5.82 Å². The van der Waals surface area contributed by atoms with E-state index in [1.807, 2.05) is 0 Å². The fourth-order valence-electron chi connectivity index (χ4n) is 3.35. The summed E-state index contributed by atoms with van der Waals surface area (Å²) in [5, 5.41) is 2.53. The number of rotatable bonds is 6. The third-order valence-electron chi connectivity index (χ3n) is 4.88. The minimum atomic E-state index is -3.76. The molecule has 0 bridgehead atoms. The SMILES string of the molecule is CC(=O)c1ccc(S(=O)(=O)NC2CCCC(OC(=O)Nc3ccc(F)cc3)C2)cc1. The van der Waals surface area contributed by atoms with Crippen molar-refractivity contribution in [2.75, 3.05) is 5.32 Å². The Morgan fingerprint density at radius 2 is 1.70 bits per heavy atom. The maximum atomic E-state index is 12.9. The van der Waals surface area contributed by atoms with Gasteiger partial charge in [-0.05, 0) is 62.6 Å². The van der Waals surface area contributed by atoms with Crippen LogP contribution >= 0.6 is 0 Å². The number of ether oxygens (including phenoxy) is 1. The van der Waals surface area contributed by atoms with Crippen molar-refractivity contribution in [1.29, 1.82) is 0 Å². The van der Waals surface area contributed by atoms with Crippen molar-refractivity contribution in [2.45, 2.75) is 49.6 Å². The quantitative estimate of drug-likeness (QED) is 0.672. The van der Waals surface area contributed by atoms with E-state index in [9.17, 15) is 22.4 Å². The highest BCUT2D eigenvalue weighted by Gasteiger charge is 2.28. The van der Waals surface area contributed by atoms with Gasteiger partial charge in [0.1, 0.15) is 11.9 Å². The second kappa shape index (κ2) is 9.36. The molecule has 0 radical (unpaired) electrons. The minimum absolute atomic E-state index is 0.0737. The Morgan fingerprint density at radius 3 is 2.33 bits per heavy atom. The fourth-order valence-corrected chi connectivity index (χ4v) is 4.63. The summed E-state index contributed by atoms with van der Waals surface area (Å²) in [6.45, 7) is 1.41. The predicted octanol–water partition coefficient (Wildman–Crippen LogP) is 3.87. The van der Waals surface area contributed by atoms with E-state index in [0.29, 0.717) is 36.9 Å². The Labute approximate surface area is 174 Å². The Bertz CT molecular complexity index is 1010. The number of nitrogens with one attached hydrogen (secondary N) is 2. The maximum absolute atomic E-state index is 12.9. The Morgan fingerprint density at radius 1 is 1.03 bits per heavy atom. The van der Waals surface area contributed by atoms with Crippen molar-refractivity contribution in [3.8, 4) is 0 Å². The smallest absolute Gasteiger partial charge is 0.411 e. The Hall–Kier alpha value is -2.78. The average molecular weight is 434 g/mol. The van der Waals surface area contributed by atoms with Gasteiger partial charge in [-0.1, -0.05) is 12.1 Å². The lowest BCUT2D eigenvalue weighted by Crippen LogP contribution is -2.41. The van der Waals surface area contributed by atoms with Crippen LogP contribution in [-0.2, 0) is 14.8 Å². The van der Waals surface area contributed by atoms with Crippen molar-refractivity contribution >= 4 is 27.6 Å². The largest absolute Gasteiger partial charge is 0.446 e. The summed E-state index contributed by atoms with van der Waals surface area (Å²) in [5.41, 5.74) is 0.843. The highest BCUT2D eigenvalue weighted by atomic mass is 32.2. The van der Waals surface area contributed by atoms with Crippen molar-refractivity contribution in [1.82, 2.24) is 4.72 Å². The van der Waals surface area contributed by atoms with Gasteiger partial charge in [0.05, 0.1) is 4.90 Å². The molecule has 2 unspecified atom stereocenters. The van der Waals surface area contributed by atoms with Crippen LogP contribution in [0.5, 0.6) is 0 Å². The molecule has 2 atom stereocenters. The van der Waals surface area contributed by atoms with E-state index in [0.717, 1.165) is 0 Å². The minimum Gasteiger partial charge on any atom is -0.446 e. The summed E-state index contributed by atoms with van der Waals surface area (Å²) >= 11 is 0. The lowest BCUT2D eigenvalue weighted by atomic mass is 9.94. The zero-order chi connectivity index (χ0) is 21.7. The van der Waals surface area contributed by atoms with E-state index in [-0.39, 0.29) is 16.7 Å². The van der Waals surface area contributed by atoms with Gasteiger partial charge in [-0.2, -0.15) is 0 Å². The highest BCUT2D eigenvalue weighted by Crippen LogP contribution is 2.24. The van der Waals surface area contributed by atoms with Gasteiger partial charge in [-0.15, -0.1) is 0 Å². The molecule has 9 heteroatoms. The molecular weight excluding hydrogens is 411 g/mol. The van der Waals surface area contributed by atoms with Gasteiger partial charge >= 0.3 is 6.09 Å². The van der Waals surface area contributed by atoms with Gasteiger partial charge in [0.25, 0.3) is 0 Å². The number of hydrogen-bond acceptors (Lipinski definition) is 5. The molecule has 1 saturated carbocycles. The number of halogens is 1. The molecule has 30 heavy (non-hydrogen) atoms. The highest BCUT2D eigenvalue weighted by molar-refractivity contribution is 7.89. The summed E-state index contributed by atoms with van der Waals surface area (Å²) in [7, 11) is -3.76. The van der Waals surface area contributed by atoms with Crippen LogP contribution in [0.15, 0.2) is 53.4 Å². The fraction of sp³-hybridized carbons (Fsp3) is 0.333. The van der Waals surface area contributed by atoms with Crippen molar-refractivity contribution in [3.05, 3.63) is 59.9 Å². The summed E-state index contributed by atoms with van der Waals surface area (Å²) in [5.74, 6) is -0.551. The second-order valence-electron chi connectivity index (χ2n) is 7.22. The molecule has 0 heterocycles. The Kier molecular flexibility index (Phi) is 6.84. The monoisotopic (exact) mass is 434 g/mol. The number of ketones is 1. The van der Waals surface area contributed by atoms with Gasteiger partial charge in [0.15, 0.2) is 5.78 Å². The number of amides is 1. The zero-order valence-corrected chi connectivity index (χ0v) is 17.2. The number of sulfonamides is 1. The molecule has 3 rings (SSSR count). The summed E-state index contributed by atoms with van der Waals surface area (Å²) in [6.07, 6.45) is 1.20. The molecule has 2 N–H and O–H groups in total. The molecule has 7 nitrogen and oxygen atoms in total. The third kappa shape index (κ3) is 5.87. The Balaban J connectivity index is 1.56. The van der Waals surface area contributed by atoms with Gasteiger partial charge in [-0.25, -0.2) is 22.3 Å². The molecule has 0 aromatic heterocycles. The van der Waals surface area contributed by atoms with Crippen molar-refractivity contribution in [3.63, 3.8) is 0 Å². The van der Waals surface area contributed by atoms with Crippen LogP contribution in [0.3, 0.4) is 0 Å². The van der Waals surface area contributed by atoms with Crippen molar-refractivity contribution in [2.24, 2.45) is 0 Å². The van der Waals surface area contributed by atoms with E-state index in [1.54, 1.807) is 0 Å². The lowest BCUT2D eigenvalue weighted by molar-refractivity contribution is 0.0792. The van der Waals surface area contributed by atoms with Crippen LogP contribution in [0.2, 0.25) is 0 Å². The molecular formula is C21H23FN2O5S. The van der Waals surface area contributed by atoms with Gasteiger partial charge in [0, 0.05) is 23.7 Å². The number of benzene rings is 2. The normalized spacial score (nSPS) is 19.1. The van der Waals surface area contributed by atoms with Crippen LogP contribution in [-0.4, -0.2) is 32.4 Å². The molecule has 1 amide bonds. The summed E-state index contributed by atoms with van der Waals surface area (Å²) < 4.78 is 46.3. The van der Waals surface area contributed by atoms with Gasteiger partial charge in [-0.3, -0.25) is 10.1 Å². The molecule has 2 aromatic carbocycles. The number of carbonyl (C=O) groups is 2. The van der Waals surface area contributed by atoms with Crippen molar-refractivity contribution < 1.29 is 27.1 Å². The standard InChI is InChI=1S/C21H23FN2O5S/c1-14(25)15-5-11-20(12-6-15)30(27,28)24-18-3-2-4-19(13-18)29-21(26)23-17-9-7-16(22)8-10-17/h5-12,18-19,24H,2-4,13H2,1H3,(H,23,26). The lowest BCUT2D eigenvalue weighted by Gasteiger charge is -2.29. The molecule has 160 valence electrons.